The van der Waals surface area contributed by atoms with Crippen molar-refractivity contribution in [3.8, 4) is 0 Å². The number of nitrogens with zero attached hydrogens (tertiary/aromatic N) is 1. The molecule has 6 heteroatoms. The van der Waals surface area contributed by atoms with Crippen LogP contribution in [0.2, 0.25) is 0 Å². The maximum Gasteiger partial charge on any atom is 0.264 e. The summed E-state index contributed by atoms with van der Waals surface area (Å²) in [4.78, 5) is 0.363. The Balaban J connectivity index is 1.21. The number of sulfonamides is 1. The van der Waals surface area contributed by atoms with Crippen molar-refractivity contribution < 1.29 is 8.42 Å². The first-order chi connectivity index (χ1) is 14.6. The number of hydrogen-bond donors (Lipinski definition) is 2. The normalized spacial score (nSPS) is 24.1. The van der Waals surface area contributed by atoms with Crippen molar-refractivity contribution in [2.24, 2.45) is 5.92 Å². The van der Waals surface area contributed by atoms with E-state index in [4.69, 9.17) is 0 Å². The van der Waals surface area contributed by atoms with E-state index < -0.39 is 10.0 Å². The number of benzene rings is 2. The first kappa shape index (κ1) is 20.0. The number of nitrogens with one attached hydrogen (secondary N) is 2. The maximum atomic E-state index is 13.0. The van der Waals surface area contributed by atoms with E-state index in [1.807, 2.05) is 12.1 Å². The predicted molar refractivity (Wildman–Crippen MR) is 120 cm³/mol. The molecule has 0 spiro atoms. The van der Waals surface area contributed by atoms with E-state index in [1.165, 1.54) is 44.3 Å². The van der Waals surface area contributed by atoms with E-state index in [0.717, 1.165) is 30.1 Å². The van der Waals surface area contributed by atoms with E-state index in [-0.39, 0.29) is 0 Å². The number of hydrogen-bond acceptors (Lipinski definition) is 4. The zero-order valence-corrected chi connectivity index (χ0v) is 18.2. The van der Waals surface area contributed by atoms with Crippen molar-refractivity contribution in [1.29, 1.82) is 0 Å². The molecular weight excluding hydrogens is 394 g/mol. The minimum Gasteiger partial charge on any atom is -0.317 e. The average Bonchev–Trinajstić information content (AvgIpc) is 3.42. The van der Waals surface area contributed by atoms with E-state index in [1.54, 1.807) is 28.6 Å². The van der Waals surface area contributed by atoms with Gasteiger partial charge in [-0.15, -0.1) is 0 Å². The lowest BCUT2D eigenvalue weighted by atomic mass is 9.95. The van der Waals surface area contributed by atoms with Crippen molar-refractivity contribution in [2.45, 2.75) is 49.0 Å². The van der Waals surface area contributed by atoms with Crippen LogP contribution in [-0.2, 0) is 16.4 Å². The molecule has 2 N–H and O–H groups in total. The summed E-state index contributed by atoms with van der Waals surface area (Å²) < 4.78 is 27.7. The lowest BCUT2D eigenvalue weighted by Gasteiger charge is -2.22. The van der Waals surface area contributed by atoms with E-state index in [9.17, 15) is 8.42 Å². The molecule has 2 fully saturated rings. The van der Waals surface area contributed by atoms with Crippen LogP contribution in [0.1, 0.15) is 42.7 Å². The van der Waals surface area contributed by atoms with Gasteiger partial charge >= 0.3 is 0 Å². The Morgan fingerprint density at radius 1 is 1.07 bits per heavy atom. The van der Waals surface area contributed by atoms with Gasteiger partial charge in [-0.3, -0.25) is 4.31 Å². The van der Waals surface area contributed by atoms with Crippen molar-refractivity contribution >= 4 is 15.7 Å². The summed E-state index contributed by atoms with van der Waals surface area (Å²) in [5.41, 5.74) is 3.36. The third-order valence-electron chi connectivity index (χ3n) is 6.92. The first-order valence-corrected chi connectivity index (χ1v) is 12.7. The van der Waals surface area contributed by atoms with Crippen molar-refractivity contribution in [2.75, 3.05) is 30.5 Å². The van der Waals surface area contributed by atoms with Gasteiger partial charge in [0.25, 0.3) is 10.0 Å². The second-order valence-electron chi connectivity index (χ2n) is 8.91. The SMILES string of the molecule is O=S(=O)(c1ccccc1)N1CCc2cc([C@@H]3C[C@H]3NCCC3CCNCC3)ccc21. The zero-order chi connectivity index (χ0) is 20.6. The molecule has 160 valence electrons. The Hall–Kier alpha value is -1.89. The van der Waals surface area contributed by atoms with Crippen molar-refractivity contribution in [3.63, 3.8) is 0 Å². The molecule has 0 radical (unpaired) electrons. The van der Waals surface area contributed by atoms with Crippen molar-refractivity contribution in [3.05, 3.63) is 59.7 Å². The third-order valence-corrected chi connectivity index (χ3v) is 8.75. The van der Waals surface area contributed by atoms with Crippen LogP contribution in [0.3, 0.4) is 0 Å². The fraction of sp³-hybridized carbons (Fsp3) is 0.500. The molecule has 1 aliphatic carbocycles. The van der Waals surface area contributed by atoms with Gasteiger partial charge in [0.15, 0.2) is 0 Å². The van der Waals surface area contributed by atoms with E-state index in [0.29, 0.717) is 23.4 Å². The Kier molecular flexibility index (Phi) is 5.56. The maximum absolute atomic E-state index is 13.0. The van der Waals surface area contributed by atoms with Gasteiger partial charge in [0, 0.05) is 18.5 Å². The van der Waals surface area contributed by atoms with Gasteiger partial charge in [0.2, 0.25) is 0 Å². The van der Waals surface area contributed by atoms with E-state index in [2.05, 4.69) is 22.8 Å². The monoisotopic (exact) mass is 425 g/mol. The van der Waals surface area contributed by atoms with Crippen LogP contribution in [0.15, 0.2) is 53.4 Å². The molecule has 2 aromatic rings. The Morgan fingerprint density at radius 3 is 2.67 bits per heavy atom. The minimum absolute atomic E-state index is 0.363. The van der Waals surface area contributed by atoms with Crippen LogP contribution >= 0.6 is 0 Å². The smallest absolute Gasteiger partial charge is 0.264 e. The predicted octanol–water partition coefficient (Wildman–Crippen LogP) is 3.27. The highest BCUT2D eigenvalue weighted by Crippen LogP contribution is 2.43. The van der Waals surface area contributed by atoms with Gasteiger partial charge < -0.3 is 10.6 Å². The molecule has 2 heterocycles. The first-order valence-electron chi connectivity index (χ1n) is 11.3. The standard InChI is InChI=1S/C24H31N3O2S/c28-30(29,21-4-2-1-3-5-21)27-15-11-20-16-19(6-7-24(20)27)22-17-23(22)26-14-10-18-8-12-25-13-9-18/h1-7,16,18,22-23,25-26H,8-15,17H2/t22-,23+/m0/s1. The van der Waals surface area contributed by atoms with Crippen LogP contribution in [0.4, 0.5) is 5.69 Å². The van der Waals surface area contributed by atoms with Crippen LogP contribution < -0.4 is 14.9 Å². The molecule has 0 unspecified atom stereocenters. The second-order valence-corrected chi connectivity index (χ2v) is 10.8. The summed E-state index contributed by atoms with van der Waals surface area (Å²) in [6.07, 6.45) is 5.88. The fourth-order valence-corrected chi connectivity index (χ4v) is 6.55. The second kappa shape index (κ2) is 8.33. The van der Waals surface area contributed by atoms with Gasteiger partial charge in [-0.1, -0.05) is 30.3 Å². The van der Waals surface area contributed by atoms with Gasteiger partial charge in [0.1, 0.15) is 0 Å². The molecule has 0 amide bonds. The third kappa shape index (κ3) is 4.01. The summed E-state index contributed by atoms with van der Waals surface area (Å²) in [5, 5.41) is 7.18. The molecule has 5 nitrogen and oxygen atoms in total. The number of fused-ring (bicyclic) bond motifs is 1. The molecule has 0 bridgehead atoms. The molecule has 0 aromatic heterocycles. The molecule has 2 aromatic carbocycles. The number of anilines is 1. The number of rotatable bonds is 7. The molecule has 2 aliphatic heterocycles. The Morgan fingerprint density at radius 2 is 1.87 bits per heavy atom. The van der Waals surface area contributed by atoms with Gasteiger partial charge in [0.05, 0.1) is 10.6 Å². The molecule has 2 atom stereocenters. The highest BCUT2D eigenvalue weighted by Gasteiger charge is 2.39. The van der Waals surface area contributed by atoms with Crippen LogP contribution in [0.5, 0.6) is 0 Å². The van der Waals surface area contributed by atoms with Crippen LogP contribution in [0.25, 0.3) is 0 Å². The molecule has 1 saturated carbocycles. The molecule has 30 heavy (non-hydrogen) atoms. The summed E-state index contributed by atoms with van der Waals surface area (Å²) >= 11 is 0. The van der Waals surface area contributed by atoms with Gasteiger partial charge in [-0.25, -0.2) is 8.42 Å². The van der Waals surface area contributed by atoms with Crippen molar-refractivity contribution in [1.82, 2.24) is 10.6 Å². The average molecular weight is 426 g/mol. The fourth-order valence-electron chi connectivity index (χ4n) is 5.02. The number of piperidine rings is 1. The van der Waals surface area contributed by atoms with Crippen LogP contribution in [-0.4, -0.2) is 40.6 Å². The summed E-state index contributed by atoms with van der Waals surface area (Å²) in [6, 6.07) is 15.7. The highest BCUT2D eigenvalue weighted by molar-refractivity contribution is 7.92. The lowest BCUT2D eigenvalue weighted by Crippen LogP contribution is -2.30. The summed E-state index contributed by atoms with van der Waals surface area (Å²) in [7, 11) is -3.49. The van der Waals surface area contributed by atoms with Gasteiger partial charge in [-0.2, -0.15) is 0 Å². The molecule has 1 saturated heterocycles. The molecule has 3 aliphatic rings. The topological polar surface area (TPSA) is 61.4 Å². The summed E-state index contributed by atoms with van der Waals surface area (Å²) in [6.45, 7) is 3.98. The summed E-state index contributed by atoms with van der Waals surface area (Å²) in [5.74, 6) is 1.44. The minimum atomic E-state index is -3.49. The zero-order valence-electron chi connectivity index (χ0n) is 17.4. The van der Waals surface area contributed by atoms with Gasteiger partial charge in [-0.05, 0) is 87.0 Å². The molecule has 5 rings (SSSR count). The largest absolute Gasteiger partial charge is 0.317 e. The van der Waals surface area contributed by atoms with E-state index >= 15 is 0 Å². The van der Waals surface area contributed by atoms with Crippen LogP contribution in [0, 0.1) is 5.92 Å². The quantitative estimate of drug-likeness (QED) is 0.715. The lowest BCUT2D eigenvalue weighted by molar-refractivity contribution is 0.347. The highest BCUT2D eigenvalue weighted by atomic mass is 32.2. The Labute approximate surface area is 179 Å². The Bertz CT molecular complexity index is 987. The molecular formula is C24H31N3O2S.